The minimum atomic E-state index is -3.66. The highest BCUT2D eigenvalue weighted by Crippen LogP contribution is 2.32. The van der Waals surface area contributed by atoms with Crippen molar-refractivity contribution in [2.24, 2.45) is 5.92 Å². The molecule has 2 rings (SSSR count). The number of halogens is 2. The van der Waals surface area contributed by atoms with Crippen molar-refractivity contribution in [1.82, 2.24) is 5.32 Å². The summed E-state index contributed by atoms with van der Waals surface area (Å²) in [5, 5.41) is 2.43. The van der Waals surface area contributed by atoms with E-state index in [9.17, 15) is 17.2 Å². The third-order valence-corrected chi connectivity index (χ3v) is 6.27. The Labute approximate surface area is 118 Å². The quantitative estimate of drug-likeness (QED) is 0.873. The Morgan fingerprint density at radius 2 is 1.90 bits per heavy atom. The average molecular weight is 303 g/mol. The van der Waals surface area contributed by atoms with Crippen LogP contribution in [0.5, 0.6) is 0 Å². The SMILES string of the molecule is CNC1CCC(C)CC1S(=O)(=O)c1ccc(F)c(F)c1. The Morgan fingerprint density at radius 1 is 1.20 bits per heavy atom. The molecule has 0 aromatic heterocycles. The molecule has 3 nitrogen and oxygen atoms in total. The summed E-state index contributed by atoms with van der Waals surface area (Å²) in [6, 6.07) is 2.63. The maximum Gasteiger partial charge on any atom is 0.182 e. The van der Waals surface area contributed by atoms with Crippen LogP contribution in [0.25, 0.3) is 0 Å². The van der Waals surface area contributed by atoms with E-state index in [2.05, 4.69) is 5.32 Å². The van der Waals surface area contributed by atoms with Crippen LogP contribution in [0, 0.1) is 17.6 Å². The fourth-order valence-electron chi connectivity index (χ4n) is 2.83. The Hall–Kier alpha value is -1.01. The molecular weight excluding hydrogens is 284 g/mol. The zero-order valence-electron chi connectivity index (χ0n) is 11.6. The number of rotatable bonds is 3. The maximum atomic E-state index is 13.3. The van der Waals surface area contributed by atoms with Gasteiger partial charge in [0.25, 0.3) is 0 Å². The molecule has 0 spiro atoms. The van der Waals surface area contributed by atoms with E-state index in [0.29, 0.717) is 12.3 Å². The fraction of sp³-hybridized carbons (Fsp3) is 0.571. The average Bonchev–Trinajstić information content (AvgIpc) is 2.41. The number of hydrogen-bond acceptors (Lipinski definition) is 3. The second-order valence-corrected chi connectivity index (χ2v) is 7.64. The van der Waals surface area contributed by atoms with Gasteiger partial charge in [-0.15, -0.1) is 0 Å². The van der Waals surface area contributed by atoms with Gasteiger partial charge in [-0.2, -0.15) is 0 Å². The van der Waals surface area contributed by atoms with Gasteiger partial charge in [0.15, 0.2) is 21.5 Å². The minimum absolute atomic E-state index is 0.143. The van der Waals surface area contributed by atoms with Crippen LogP contribution in [0.4, 0.5) is 8.78 Å². The van der Waals surface area contributed by atoms with Crippen molar-refractivity contribution < 1.29 is 17.2 Å². The summed E-state index contributed by atoms with van der Waals surface area (Å²) in [6.45, 7) is 2.01. The molecular formula is C14H19F2NO2S. The molecule has 0 heterocycles. The van der Waals surface area contributed by atoms with Gasteiger partial charge in [-0.05, 0) is 50.4 Å². The minimum Gasteiger partial charge on any atom is -0.316 e. The maximum absolute atomic E-state index is 13.3. The van der Waals surface area contributed by atoms with Gasteiger partial charge >= 0.3 is 0 Å². The van der Waals surface area contributed by atoms with E-state index in [1.807, 2.05) is 6.92 Å². The third kappa shape index (κ3) is 2.86. The largest absolute Gasteiger partial charge is 0.316 e. The van der Waals surface area contributed by atoms with Gasteiger partial charge in [0.2, 0.25) is 0 Å². The van der Waals surface area contributed by atoms with Crippen LogP contribution in [0.3, 0.4) is 0 Å². The van der Waals surface area contributed by atoms with Crippen molar-refractivity contribution in [2.75, 3.05) is 7.05 Å². The molecule has 0 saturated heterocycles. The monoisotopic (exact) mass is 303 g/mol. The smallest absolute Gasteiger partial charge is 0.182 e. The van der Waals surface area contributed by atoms with E-state index >= 15 is 0 Å². The molecule has 1 aliphatic carbocycles. The first kappa shape index (κ1) is 15.4. The molecule has 1 aliphatic rings. The molecule has 0 aliphatic heterocycles. The zero-order valence-corrected chi connectivity index (χ0v) is 12.4. The molecule has 3 atom stereocenters. The number of nitrogens with one attached hydrogen (secondary N) is 1. The number of sulfone groups is 1. The zero-order chi connectivity index (χ0) is 14.9. The highest BCUT2D eigenvalue weighted by Gasteiger charge is 2.38. The van der Waals surface area contributed by atoms with Crippen molar-refractivity contribution in [3.63, 3.8) is 0 Å². The van der Waals surface area contributed by atoms with Gasteiger partial charge in [-0.1, -0.05) is 6.92 Å². The van der Waals surface area contributed by atoms with Crippen LogP contribution in [0.2, 0.25) is 0 Å². The molecule has 1 aromatic rings. The Kier molecular flexibility index (Phi) is 4.44. The van der Waals surface area contributed by atoms with Crippen LogP contribution in [-0.4, -0.2) is 26.8 Å². The lowest BCUT2D eigenvalue weighted by Gasteiger charge is -2.34. The van der Waals surface area contributed by atoms with Crippen LogP contribution in [-0.2, 0) is 9.84 Å². The summed E-state index contributed by atoms with van der Waals surface area (Å²) in [6.07, 6.45) is 2.27. The third-order valence-electron chi connectivity index (χ3n) is 4.04. The van der Waals surface area contributed by atoms with E-state index in [-0.39, 0.29) is 10.9 Å². The Morgan fingerprint density at radius 3 is 2.50 bits per heavy atom. The molecule has 1 fully saturated rings. The molecule has 1 aromatic carbocycles. The van der Waals surface area contributed by atoms with Crippen LogP contribution in [0.15, 0.2) is 23.1 Å². The normalized spacial score (nSPS) is 27.5. The van der Waals surface area contributed by atoms with Crippen LogP contribution < -0.4 is 5.32 Å². The summed E-state index contributed by atoms with van der Waals surface area (Å²) >= 11 is 0. The topological polar surface area (TPSA) is 46.2 Å². The predicted octanol–water partition coefficient (Wildman–Crippen LogP) is 2.52. The van der Waals surface area contributed by atoms with Gasteiger partial charge in [0, 0.05) is 6.04 Å². The molecule has 112 valence electrons. The predicted molar refractivity (Wildman–Crippen MR) is 73.2 cm³/mol. The lowest BCUT2D eigenvalue weighted by molar-refractivity contribution is 0.319. The van der Waals surface area contributed by atoms with E-state index in [4.69, 9.17) is 0 Å². The molecule has 0 amide bonds. The van der Waals surface area contributed by atoms with Crippen molar-refractivity contribution in [1.29, 1.82) is 0 Å². The van der Waals surface area contributed by atoms with E-state index < -0.39 is 26.7 Å². The molecule has 0 radical (unpaired) electrons. The van der Waals surface area contributed by atoms with Crippen molar-refractivity contribution in [3.8, 4) is 0 Å². The van der Waals surface area contributed by atoms with Gasteiger partial charge in [0.1, 0.15) is 0 Å². The van der Waals surface area contributed by atoms with Gasteiger partial charge < -0.3 is 5.32 Å². The van der Waals surface area contributed by atoms with Crippen LogP contribution in [0.1, 0.15) is 26.2 Å². The lowest BCUT2D eigenvalue weighted by atomic mass is 9.87. The summed E-state index contributed by atoms with van der Waals surface area (Å²) in [5.74, 6) is -1.85. The van der Waals surface area contributed by atoms with Crippen LogP contribution >= 0.6 is 0 Å². The lowest BCUT2D eigenvalue weighted by Crippen LogP contribution is -2.46. The van der Waals surface area contributed by atoms with Crippen molar-refractivity contribution >= 4 is 9.84 Å². The molecule has 6 heteroatoms. The first-order chi connectivity index (χ1) is 9.36. The number of hydrogen-bond donors (Lipinski definition) is 1. The molecule has 20 heavy (non-hydrogen) atoms. The van der Waals surface area contributed by atoms with E-state index in [1.54, 1.807) is 7.05 Å². The van der Waals surface area contributed by atoms with E-state index in [1.165, 1.54) is 0 Å². The van der Waals surface area contributed by atoms with Crippen molar-refractivity contribution in [2.45, 2.75) is 42.4 Å². The standard InChI is InChI=1S/C14H19F2NO2S/c1-9-3-6-13(17-2)14(7-9)20(18,19)10-4-5-11(15)12(16)8-10/h4-5,8-9,13-14,17H,3,6-7H2,1-2H3. The summed E-state index contributed by atoms with van der Waals surface area (Å²) < 4.78 is 51.5. The highest BCUT2D eigenvalue weighted by atomic mass is 32.2. The van der Waals surface area contributed by atoms with Crippen molar-refractivity contribution in [3.05, 3.63) is 29.8 Å². The molecule has 3 unspecified atom stereocenters. The number of benzene rings is 1. The Balaban J connectivity index is 2.39. The summed E-state index contributed by atoms with van der Waals surface area (Å²) in [7, 11) is -1.93. The first-order valence-corrected chi connectivity index (χ1v) is 8.27. The summed E-state index contributed by atoms with van der Waals surface area (Å²) in [5.41, 5.74) is 0. The summed E-state index contributed by atoms with van der Waals surface area (Å²) in [4.78, 5) is -0.143. The Bertz CT molecular complexity index is 589. The first-order valence-electron chi connectivity index (χ1n) is 6.72. The van der Waals surface area contributed by atoms with Gasteiger partial charge in [-0.25, -0.2) is 17.2 Å². The van der Waals surface area contributed by atoms with Gasteiger partial charge in [0.05, 0.1) is 10.1 Å². The fourth-order valence-corrected chi connectivity index (χ4v) is 4.99. The molecule has 1 N–H and O–H groups in total. The van der Waals surface area contributed by atoms with E-state index in [0.717, 1.165) is 31.0 Å². The van der Waals surface area contributed by atoms with Gasteiger partial charge in [-0.3, -0.25) is 0 Å². The highest BCUT2D eigenvalue weighted by molar-refractivity contribution is 7.92. The molecule has 1 saturated carbocycles. The molecule has 0 bridgehead atoms. The second kappa shape index (κ2) is 5.77. The second-order valence-electron chi connectivity index (χ2n) is 5.47.